The maximum absolute atomic E-state index is 13.9. The predicted molar refractivity (Wildman–Crippen MR) is 73.1 cm³/mol. The lowest BCUT2D eigenvalue weighted by molar-refractivity contribution is -0.137. The van der Waals surface area contributed by atoms with E-state index in [1.807, 2.05) is 0 Å². The summed E-state index contributed by atoms with van der Waals surface area (Å²) in [5.74, 6) is -1.95. The first kappa shape index (κ1) is 16.5. The summed E-state index contributed by atoms with van der Waals surface area (Å²) in [6.45, 7) is 0. The molecule has 1 heterocycles. The van der Waals surface area contributed by atoms with Crippen LogP contribution >= 0.6 is 23.2 Å². The highest BCUT2D eigenvalue weighted by atomic mass is 35.5. The van der Waals surface area contributed by atoms with E-state index in [9.17, 15) is 22.8 Å². The van der Waals surface area contributed by atoms with Crippen molar-refractivity contribution in [2.45, 2.75) is 12.1 Å². The molecule has 1 atom stereocenters. The third-order valence-electron chi connectivity index (χ3n) is 2.87. The van der Waals surface area contributed by atoms with Crippen molar-refractivity contribution in [2.24, 2.45) is 0 Å². The summed E-state index contributed by atoms with van der Waals surface area (Å²) >= 11 is 11.1. The maximum Gasteiger partial charge on any atom is 0.419 e. The first-order valence-corrected chi connectivity index (χ1v) is 6.58. The Morgan fingerprint density at radius 2 is 1.82 bits per heavy atom. The molecular formula is C14H6Cl2F4N2. The normalized spacial score (nSPS) is 12.8. The number of pyridine rings is 1. The van der Waals surface area contributed by atoms with Gasteiger partial charge in [0.05, 0.1) is 17.3 Å². The number of halogens is 6. The van der Waals surface area contributed by atoms with E-state index in [1.165, 1.54) is 12.1 Å². The number of aromatic nitrogens is 1. The van der Waals surface area contributed by atoms with Gasteiger partial charge in [0.2, 0.25) is 0 Å². The van der Waals surface area contributed by atoms with Gasteiger partial charge >= 0.3 is 6.18 Å². The average Bonchev–Trinajstić information content (AvgIpc) is 2.40. The summed E-state index contributed by atoms with van der Waals surface area (Å²) in [4.78, 5) is 3.57. The largest absolute Gasteiger partial charge is 0.419 e. The van der Waals surface area contributed by atoms with Crippen LogP contribution in [0.3, 0.4) is 0 Å². The van der Waals surface area contributed by atoms with Crippen LogP contribution in [0, 0.1) is 17.1 Å². The fourth-order valence-electron chi connectivity index (χ4n) is 1.85. The highest BCUT2D eigenvalue weighted by Crippen LogP contribution is 2.35. The predicted octanol–water partition coefficient (Wildman–Crippen LogP) is 5.20. The van der Waals surface area contributed by atoms with Crippen molar-refractivity contribution in [3.8, 4) is 6.07 Å². The second-order valence-corrected chi connectivity index (χ2v) is 5.09. The van der Waals surface area contributed by atoms with Crippen LogP contribution in [0.2, 0.25) is 10.2 Å². The number of nitrogens with zero attached hydrogens (tertiary/aromatic N) is 2. The number of hydrogen-bond acceptors (Lipinski definition) is 2. The van der Waals surface area contributed by atoms with Gasteiger partial charge in [-0.25, -0.2) is 9.37 Å². The number of nitriles is 1. The lowest BCUT2D eigenvalue weighted by atomic mass is 9.96. The minimum atomic E-state index is -4.66. The SMILES string of the molecule is N#C[C@@H](c1ccc(C(F)(F)F)c(Cl)n1)c1ccc(Cl)cc1F. The molecule has 0 bridgehead atoms. The van der Waals surface area contributed by atoms with Gasteiger partial charge in [-0.3, -0.25) is 0 Å². The third-order valence-corrected chi connectivity index (χ3v) is 3.40. The Bertz CT molecular complexity index is 753. The topological polar surface area (TPSA) is 36.7 Å². The van der Waals surface area contributed by atoms with Gasteiger partial charge < -0.3 is 0 Å². The molecule has 2 aromatic rings. The number of hydrogen-bond donors (Lipinski definition) is 0. The van der Waals surface area contributed by atoms with Crippen molar-refractivity contribution in [1.82, 2.24) is 4.98 Å². The van der Waals surface area contributed by atoms with Crippen LogP contribution < -0.4 is 0 Å². The Morgan fingerprint density at radius 1 is 1.14 bits per heavy atom. The van der Waals surface area contributed by atoms with Gasteiger partial charge in [0, 0.05) is 10.6 Å². The summed E-state index contributed by atoms with van der Waals surface area (Å²) < 4.78 is 51.8. The molecule has 1 aromatic heterocycles. The van der Waals surface area contributed by atoms with Crippen molar-refractivity contribution in [1.29, 1.82) is 5.26 Å². The maximum atomic E-state index is 13.9. The van der Waals surface area contributed by atoms with E-state index in [2.05, 4.69) is 4.98 Å². The number of benzene rings is 1. The molecule has 0 amide bonds. The van der Waals surface area contributed by atoms with Gasteiger partial charge in [-0.15, -0.1) is 0 Å². The molecular weight excluding hydrogens is 343 g/mol. The van der Waals surface area contributed by atoms with Gasteiger partial charge in [0.1, 0.15) is 16.9 Å². The van der Waals surface area contributed by atoms with E-state index in [4.69, 9.17) is 23.2 Å². The van der Waals surface area contributed by atoms with Crippen LogP contribution in [0.5, 0.6) is 0 Å². The van der Waals surface area contributed by atoms with Crippen molar-refractivity contribution in [3.05, 3.63) is 63.1 Å². The molecule has 1 aromatic carbocycles. The lowest BCUT2D eigenvalue weighted by Crippen LogP contribution is -2.10. The van der Waals surface area contributed by atoms with Crippen LogP contribution in [-0.2, 0) is 6.18 Å². The molecule has 0 N–H and O–H groups in total. The molecule has 2 nitrogen and oxygen atoms in total. The van der Waals surface area contributed by atoms with Gasteiger partial charge in [-0.1, -0.05) is 29.3 Å². The van der Waals surface area contributed by atoms with Crippen molar-refractivity contribution in [3.63, 3.8) is 0 Å². The van der Waals surface area contributed by atoms with Crippen molar-refractivity contribution >= 4 is 23.2 Å². The molecule has 0 radical (unpaired) electrons. The van der Waals surface area contributed by atoms with E-state index in [0.717, 1.165) is 12.1 Å². The molecule has 0 saturated heterocycles. The smallest absolute Gasteiger partial charge is 0.239 e. The van der Waals surface area contributed by atoms with Crippen LogP contribution in [0.25, 0.3) is 0 Å². The van der Waals surface area contributed by atoms with Gasteiger partial charge in [0.15, 0.2) is 0 Å². The minimum absolute atomic E-state index is 0.0461. The Morgan fingerprint density at radius 3 is 2.32 bits per heavy atom. The summed E-state index contributed by atoms with van der Waals surface area (Å²) in [7, 11) is 0. The molecule has 8 heteroatoms. The number of rotatable bonds is 2. The second kappa shape index (κ2) is 6.11. The molecule has 0 spiro atoms. The monoisotopic (exact) mass is 348 g/mol. The summed E-state index contributed by atoms with van der Waals surface area (Å²) in [6.07, 6.45) is -4.66. The van der Waals surface area contributed by atoms with E-state index in [-0.39, 0.29) is 16.3 Å². The molecule has 22 heavy (non-hydrogen) atoms. The standard InChI is InChI=1S/C14H6Cl2F4N2/c15-7-1-2-8(11(17)5-7)9(6-21)12-4-3-10(13(16)22-12)14(18,19)20/h1-5,9H/t9-/m1/s1. The van der Waals surface area contributed by atoms with Crippen LogP contribution in [0.15, 0.2) is 30.3 Å². The zero-order valence-corrected chi connectivity index (χ0v) is 12.1. The van der Waals surface area contributed by atoms with Gasteiger partial charge in [-0.2, -0.15) is 18.4 Å². The Kier molecular flexibility index (Phi) is 4.59. The first-order valence-electron chi connectivity index (χ1n) is 5.82. The molecule has 0 aliphatic rings. The Hall–Kier alpha value is -1.84. The van der Waals surface area contributed by atoms with Crippen LogP contribution in [-0.4, -0.2) is 4.98 Å². The highest BCUT2D eigenvalue weighted by Gasteiger charge is 2.34. The Balaban J connectivity index is 2.49. The van der Waals surface area contributed by atoms with E-state index in [1.54, 1.807) is 6.07 Å². The second-order valence-electron chi connectivity index (χ2n) is 4.30. The van der Waals surface area contributed by atoms with Gasteiger partial charge in [-0.05, 0) is 24.3 Å². The molecule has 0 unspecified atom stereocenters. The summed E-state index contributed by atoms with van der Waals surface area (Å²) in [5.41, 5.74) is -1.25. The Labute approximate surface area is 132 Å². The number of alkyl halides is 3. The van der Waals surface area contributed by atoms with E-state index in [0.29, 0.717) is 6.07 Å². The summed E-state index contributed by atoms with van der Waals surface area (Å²) in [6, 6.07) is 7.16. The minimum Gasteiger partial charge on any atom is -0.239 e. The third kappa shape index (κ3) is 3.32. The van der Waals surface area contributed by atoms with E-state index < -0.39 is 28.6 Å². The van der Waals surface area contributed by atoms with E-state index >= 15 is 0 Å². The molecule has 2 rings (SSSR count). The van der Waals surface area contributed by atoms with Gasteiger partial charge in [0.25, 0.3) is 0 Å². The first-order chi connectivity index (χ1) is 10.2. The average molecular weight is 349 g/mol. The fraction of sp³-hybridized carbons (Fsp3) is 0.143. The fourth-order valence-corrected chi connectivity index (χ4v) is 2.28. The van der Waals surface area contributed by atoms with Crippen LogP contribution in [0.1, 0.15) is 22.7 Å². The van der Waals surface area contributed by atoms with Crippen LogP contribution in [0.4, 0.5) is 17.6 Å². The molecule has 0 aliphatic carbocycles. The quantitative estimate of drug-likeness (QED) is 0.552. The molecule has 0 saturated carbocycles. The molecule has 114 valence electrons. The van der Waals surface area contributed by atoms with Crippen molar-refractivity contribution < 1.29 is 17.6 Å². The zero-order chi connectivity index (χ0) is 16.5. The highest BCUT2D eigenvalue weighted by molar-refractivity contribution is 6.30. The lowest BCUT2D eigenvalue weighted by Gasteiger charge is -2.13. The summed E-state index contributed by atoms with van der Waals surface area (Å²) in [5, 5.41) is 8.54. The van der Waals surface area contributed by atoms with Crippen molar-refractivity contribution in [2.75, 3.05) is 0 Å². The zero-order valence-electron chi connectivity index (χ0n) is 10.6. The molecule has 0 fully saturated rings. The molecule has 0 aliphatic heterocycles.